The lowest BCUT2D eigenvalue weighted by atomic mass is 9.98. The van der Waals surface area contributed by atoms with Crippen LogP contribution in [0.1, 0.15) is 25.3 Å². The molecule has 4 nitrogen and oxygen atoms in total. The standard InChI is InChI=1S/C20H20N4.ClH/c1-12(2)13-8-10-14(11-9-13)17-19-18(22-23-20(17)21)15-6-4-5-7-16(15)24(19)3;/h4-12H,1-3H3,(H2,21,23);1H. The molecular weight excluding hydrogens is 332 g/mol. The van der Waals surface area contributed by atoms with Crippen LogP contribution in [0, 0.1) is 0 Å². The third-order valence-corrected chi connectivity index (χ3v) is 4.70. The summed E-state index contributed by atoms with van der Waals surface area (Å²) < 4.78 is 2.15. The van der Waals surface area contributed by atoms with Crippen molar-refractivity contribution in [1.29, 1.82) is 0 Å². The molecule has 0 saturated carbocycles. The van der Waals surface area contributed by atoms with Gasteiger partial charge in [-0.05, 0) is 23.1 Å². The van der Waals surface area contributed by atoms with Gasteiger partial charge in [0.25, 0.3) is 0 Å². The Hall–Kier alpha value is -2.59. The lowest BCUT2D eigenvalue weighted by Gasteiger charge is -2.10. The van der Waals surface area contributed by atoms with E-state index < -0.39 is 0 Å². The molecule has 2 heterocycles. The zero-order valence-electron chi connectivity index (χ0n) is 14.5. The number of fused-ring (bicyclic) bond motifs is 3. The van der Waals surface area contributed by atoms with Crippen LogP contribution in [0.25, 0.3) is 33.1 Å². The van der Waals surface area contributed by atoms with Crippen LogP contribution >= 0.6 is 12.4 Å². The highest BCUT2D eigenvalue weighted by Gasteiger charge is 2.17. The Morgan fingerprint density at radius 3 is 2.32 bits per heavy atom. The minimum absolute atomic E-state index is 0. The van der Waals surface area contributed by atoms with Crippen molar-refractivity contribution >= 4 is 40.2 Å². The maximum absolute atomic E-state index is 6.22. The molecule has 2 aromatic heterocycles. The Kier molecular flexibility index (Phi) is 4.39. The quantitative estimate of drug-likeness (QED) is 0.557. The summed E-state index contributed by atoms with van der Waals surface area (Å²) in [4.78, 5) is 0. The molecule has 0 spiro atoms. The summed E-state index contributed by atoms with van der Waals surface area (Å²) in [6, 6.07) is 16.8. The minimum Gasteiger partial charge on any atom is -0.382 e. The number of nitrogens with two attached hydrogens (primary N) is 1. The first-order valence-corrected chi connectivity index (χ1v) is 8.17. The molecule has 25 heavy (non-hydrogen) atoms. The third kappa shape index (κ3) is 2.63. The van der Waals surface area contributed by atoms with Gasteiger partial charge in [0.2, 0.25) is 0 Å². The Labute approximate surface area is 153 Å². The molecule has 4 rings (SSSR count). The second kappa shape index (κ2) is 6.37. The molecule has 0 unspecified atom stereocenters. The fourth-order valence-electron chi connectivity index (χ4n) is 3.36. The van der Waals surface area contributed by atoms with Crippen molar-refractivity contribution in [2.45, 2.75) is 19.8 Å². The van der Waals surface area contributed by atoms with Crippen LogP contribution in [-0.4, -0.2) is 14.8 Å². The van der Waals surface area contributed by atoms with Gasteiger partial charge in [-0.3, -0.25) is 0 Å². The zero-order valence-corrected chi connectivity index (χ0v) is 15.3. The van der Waals surface area contributed by atoms with Crippen LogP contribution in [0.5, 0.6) is 0 Å². The maximum atomic E-state index is 6.22. The first-order valence-electron chi connectivity index (χ1n) is 8.17. The Morgan fingerprint density at radius 2 is 1.64 bits per heavy atom. The van der Waals surface area contributed by atoms with E-state index in [2.05, 4.69) is 72.1 Å². The summed E-state index contributed by atoms with van der Waals surface area (Å²) in [5.74, 6) is 0.968. The summed E-state index contributed by atoms with van der Waals surface area (Å²) in [5.41, 5.74) is 12.6. The summed E-state index contributed by atoms with van der Waals surface area (Å²) >= 11 is 0. The lowest BCUT2D eigenvalue weighted by Crippen LogP contribution is -2.00. The van der Waals surface area contributed by atoms with Gasteiger partial charge in [-0.1, -0.05) is 56.3 Å². The van der Waals surface area contributed by atoms with Crippen molar-refractivity contribution < 1.29 is 0 Å². The van der Waals surface area contributed by atoms with Gasteiger partial charge in [0, 0.05) is 12.4 Å². The molecule has 0 fully saturated rings. The molecule has 4 aromatic rings. The summed E-state index contributed by atoms with van der Waals surface area (Å²) in [5, 5.41) is 9.68. The minimum atomic E-state index is 0. The number of anilines is 1. The molecule has 0 aliphatic carbocycles. The fraction of sp³-hybridized carbons (Fsp3) is 0.200. The highest BCUT2D eigenvalue weighted by Crippen LogP contribution is 2.36. The van der Waals surface area contributed by atoms with Crippen molar-refractivity contribution in [3.8, 4) is 11.1 Å². The predicted octanol–water partition coefficient (Wildman–Crippen LogP) is 4.92. The second-order valence-corrected chi connectivity index (χ2v) is 6.51. The first kappa shape index (κ1) is 17.2. The first-order chi connectivity index (χ1) is 11.6. The van der Waals surface area contributed by atoms with Crippen molar-refractivity contribution in [1.82, 2.24) is 14.8 Å². The monoisotopic (exact) mass is 352 g/mol. The molecule has 0 aliphatic rings. The zero-order chi connectivity index (χ0) is 16.8. The molecule has 2 N–H and O–H groups in total. The van der Waals surface area contributed by atoms with E-state index in [1.54, 1.807) is 0 Å². The molecule has 0 amide bonds. The van der Waals surface area contributed by atoms with Crippen molar-refractivity contribution in [2.24, 2.45) is 7.05 Å². The lowest BCUT2D eigenvalue weighted by molar-refractivity contribution is 0.867. The van der Waals surface area contributed by atoms with Gasteiger partial charge in [0.05, 0.1) is 16.6 Å². The average molecular weight is 353 g/mol. The normalized spacial score (nSPS) is 11.2. The summed E-state index contributed by atoms with van der Waals surface area (Å²) in [6.45, 7) is 4.39. The Balaban J connectivity index is 0.00000182. The molecule has 0 aliphatic heterocycles. The van der Waals surface area contributed by atoms with Crippen LogP contribution in [0.15, 0.2) is 48.5 Å². The van der Waals surface area contributed by atoms with Gasteiger partial charge in [-0.15, -0.1) is 22.6 Å². The molecular formula is C20H21ClN4. The number of benzene rings is 2. The average Bonchev–Trinajstić information content (AvgIpc) is 2.88. The number of aryl methyl sites for hydroxylation is 1. The van der Waals surface area contributed by atoms with E-state index in [0.717, 1.165) is 33.1 Å². The third-order valence-electron chi connectivity index (χ3n) is 4.70. The van der Waals surface area contributed by atoms with E-state index in [1.165, 1.54) is 5.56 Å². The van der Waals surface area contributed by atoms with Gasteiger partial charge in [-0.25, -0.2) is 0 Å². The van der Waals surface area contributed by atoms with E-state index in [1.807, 2.05) is 12.1 Å². The fourth-order valence-corrected chi connectivity index (χ4v) is 3.36. The number of nitrogens with zero attached hydrogens (tertiary/aromatic N) is 3. The topological polar surface area (TPSA) is 56.7 Å². The van der Waals surface area contributed by atoms with Crippen molar-refractivity contribution in [2.75, 3.05) is 5.73 Å². The van der Waals surface area contributed by atoms with Gasteiger partial charge < -0.3 is 10.3 Å². The number of halogens is 1. The molecule has 0 atom stereocenters. The van der Waals surface area contributed by atoms with Gasteiger partial charge in [0.15, 0.2) is 5.82 Å². The number of aromatic nitrogens is 3. The van der Waals surface area contributed by atoms with E-state index >= 15 is 0 Å². The largest absolute Gasteiger partial charge is 0.382 e. The maximum Gasteiger partial charge on any atom is 0.156 e. The number of para-hydroxylation sites is 1. The molecule has 0 saturated heterocycles. The van der Waals surface area contributed by atoms with E-state index in [-0.39, 0.29) is 12.4 Å². The van der Waals surface area contributed by atoms with Crippen LogP contribution in [0.3, 0.4) is 0 Å². The molecule has 2 aromatic carbocycles. The highest BCUT2D eigenvalue weighted by atomic mass is 35.5. The van der Waals surface area contributed by atoms with E-state index in [0.29, 0.717) is 11.7 Å². The number of nitrogen functional groups attached to an aromatic ring is 1. The summed E-state index contributed by atoms with van der Waals surface area (Å²) in [7, 11) is 2.05. The van der Waals surface area contributed by atoms with Gasteiger partial charge in [0.1, 0.15) is 5.52 Å². The smallest absolute Gasteiger partial charge is 0.156 e. The summed E-state index contributed by atoms with van der Waals surface area (Å²) in [6.07, 6.45) is 0. The van der Waals surface area contributed by atoms with Crippen LogP contribution < -0.4 is 5.73 Å². The SMILES string of the molecule is CC(C)c1ccc(-c2c(N)nnc3c4ccccc4n(C)c23)cc1.Cl. The van der Waals surface area contributed by atoms with Crippen molar-refractivity contribution in [3.05, 3.63) is 54.1 Å². The van der Waals surface area contributed by atoms with Crippen LogP contribution in [0.4, 0.5) is 5.82 Å². The van der Waals surface area contributed by atoms with Crippen LogP contribution in [-0.2, 0) is 7.05 Å². The molecule has 0 bridgehead atoms. The second-order valence-electron chi connectivity index (χ2n) is 6.51. The number of rotatable bonds is 2. The van der Waals surface area contributed by atoms with Crippen LogP contribution in [0.2, 0.25) is 0 Å². The molecule has 0 radical (unpaired) electrons. The highest BCUT2D eigenvalue weighted by molar-refractivity contribution is 6.11. The molecule has 5 heteroatoms. The van der Waals surface area contributed by atoms with Crippen molar-refractivity contribution in [3.63, 3.8) is 0 Å². The molecule has 128 valence electrons. The van der Waals surface area contributed by atoms with E-state index in [9.17, 15) is 0 Å². The van der Waals surface area contributed by atoms with Gasteiger partial charge in [-0.2, -0.15) is 0 Å². The van der Waals surface area contributed by atoms with Gasteiger partial charge >= 0.3 is 0 Å². The Morgan fingerprint density at radius 1 is 0.960 bits per heavy atom. The Bertz CT molecular complexity index is 1050. The van der Waals surface area contributed by atoms with E-state index in [4.69, 9.17) is 5.73 Å². The number of hydrogen-bond donors (Lipinski definition) is 1. The predicted molar refractivity (Wildman–Crippen MR) is 107 cm³/mol. The number of hydrogen-bond acceptors (Lipinski definition) is 3.